The Morgan fingerprint density at radius 2 is 1.14 bits per heavy atom. The molecule has 0 radical (unpaired) electrons. The van der Waals surface area contributed by atoms with Crippen LogP contribution in [0.25, 0.3) is 0 Å². The molecule has 8 heteroatoms. The van der Waals surface area contributed by atoms with E-state index >= 15 is 0 Å². The van der Waals surface area contributed by atoms with Gasteiger partial charge in [-0.05, 0) is 40.5 Å². The third kappa shape index (κ3) is 15.6. The maximum atomic E-state index is 9.90. The highest BCUT2D eigenvalue weighted by atomic mass is 16.4. The van der Waals surface area contributed by atoms with Crippen LogP contribution in [0.15, 0.2) is 10.2 Å². The molecule has 0 amide bonds. The summed E-state index contributed by atoms with van der Waals surface area (Å²) in [5.74, 6) is -1.74. The van der Waals surface area contributed by atoms with Crippen LogP contribution in [0.5, 0.6) is 0 Å². The van der Waals surface area contributed by atoms with E-state index < -0.39 is 23.0 Å². The molecule has 0 saturated heterocycles. The van der Waals surface area contributed by atoms with Gasteiger partial charge in [0, 0.05) is 12.8 Å². The second kappa shape index (κ2) is 10.3. The van der Waals surface area contributed by atoms with Crippen LogP contribution in [0.3, 0.4) is 0 Å². The average molecular weight is 310 g/mol. The first kappa shape index (κ1) is 21.8. The van der Waals surface area contributed by atoms with E-state index in [1.54, 1.807) is 27.7 Å². The number of hydrogen-bond donors (Lipinski definition) is 2. The summed E-state index contributed by atoms with van der Waals surface area (Å²) >= 11 is 0. The fourth-order valence-corrected chi connectivity index (χ4v) is 0.847. The maximum absolute atomic E-state index is 9.90. The van der Waals surface area contributed by atoms with E-state index in [1.807, 2.05) is 12.1 Å². The first-order valence-electron chi connectivity index (χ1n) is 6.66. The molecule has 0 spiro atoms. The molecule has 0 unspecified atom stereocenters. The Labute approximate surface area is 130 Å². The van der Waals surface area contributed by atoms with Gasteiger partial charge in [0.25, 0.3) is 0 Å². The monoisotopic (exact) mass is 310 g/mol. The van der Waals surface area contributed by atoms with Gasteiger partial charge in [0.2, 0.25) is 0 Å². The fourth-order valence-electron chi connectivity index (χ4n) is 0.847. The molecular weight excluding hydrogens is 288 g/mol. The number of nitriles is 2. The molecule has 0 bridgehead atoms. The van der Waals surface area contributed by atoms with Crippen molar-refractivity contribution in [3.63, 3.8) is 0 Å². The van der Waals surface area contributed by atoms with Gasteiger partial charge in [-0.3, -0.25) is 9.59 Å². The second-order valence-corrected chi connectivity index (χ2v) is 5.54. The molecule has 122 valence electrons. The highest BCUT2D eigenvalue weighted by molar-refractivity contribution is 5.67. The van der Waals surface area contributed by atoms with Crippen LogP contribution in [0, 0.1) is 22.7 Å². The van der Waals surface area contributed by atoms with Gasteiger partial charge >= 0.3 is 11.9 Å². The van der Waals surface area contributed by atoms with Crippen LogP contribution in [-0.4, -0.2) is 33.2 Å². The zero-order valence-electron chi connectivity index (χ0n) is 13.3. The van der Waals surface area contributed by atoms with Crippen molar-refractivity contribution < 1.29 is 19.8 Å². The zero-order chi connectivity index (χ0) is 17.8. The lowest BCUT2D eigenvalue weighted by atomic mass is 10.1. The van der Waals surface area contributed by atoms with Crippen molar-refractivity contribution in [1.82, 2.24) is 0 Å². The number of hydrogen-bond acceptors (Lipinski definition) is 6. The van der Waals surface area contributed by atoms with E-state index in [-0.39, 0.29) is 12.8 Å². The minimum atomic E-state index is -0.870. The number of rotatable bonds is 7. The standard InChI is InChI=1S/C8H12N4.C6H10O4/c1-7(2,5-9)11-12-8(3,4)6-10;7-5(8)3-1-2-4-6(9)10/h1-4H3;1-4H2,(H,7,8)(H,9,10)/b12-11+;. The maximum Gasteiger partial charge on any atom is 0.303 e. The van der Waals surface area contributed by atoms with Crippen LogP contribution in [0.1, 0.15) is 53.4 Å². The number of unbranched alkanes of at least 4 members (excludes halogenated alkanes) is 1. The molecule has 0 aliphatic heterocycles. The Bertz CT molecular complexity index is 440. The molecule has 0 aliphatic rings. The highest BCUT2D eigenvalue weighted by Crippen LogP contribution is 2.13. The topological polar surface area (TPSA) is 147 Å². The Balaban J connectivity index is 0. The third-order valence-electron chi connectivity index (χ3n) is 2.13. The van der Waals surface area contributed by atoms with E-state index in [0.717, 1.165) is 0 Å². The van der Waals surface area contributed by atoms with Gasteiger partial charge in [-0.1, -0.05) is 0 Å². The number of carbonyl (C=O) groups is 2. The Morgan fingerprint density at radius 1 is 0.864 bits per heavy atom. The summed E-state index contributed by atoms with van der Waals surface area (Å²) in [7, 11) is 0. The van der Waals surface area contributed by atoms with E-state index in [2.05, 4.69) is 10.2 Å². The van der Waals surface area contributed by atoms with Crippen molar-refractivity contribution in [2.24, 2.45) is 10.2 Å². The van der Waals surface area contributed by atoms with Crippen molar-refractivity contribution in [2.75, 3.05) is 0 Å². The lowest BCUT2D eigenvalue weighted by molar-refractivity contribution is -0.139. The zero-order valence-corrected chi connectivity index (χ0v) is 13.3. The van der Waals surface area contributed by atoms with Gasteiger partial charge in [-0.2, -0.15) is 20.8 Å². The minimum absolute atomic E-state index is 0.0628. The Kier molecular flexibility index (Phi) is 10.2. The van der Waals surface area contributed by atoms with Gasteiger partial charge in [0.15, 0.2) is 11.1 Å². The Hall–Kier alpha value is -2.48. The van der Waals surface area contributed by atoms with Crippen LogP contribution >= 0.6 is 0 Å². The number of nitrogens with zero attached hydrogens (tertiary/aromatic N) is 4. The van der Waals surface area contributed by atoms with Crippen molar-refractivity contribution in [1.29, 1.82) is 10.5 Å². The number of carboxylic acids is 2. The third-order valence-corrected chi connectivity index (χ3v) is 2.13. The SMILES string of the molecule is CC(C)(C#N)/N=N/C(C)(C)C#N.O=C(O)CCCCC(=O)O. The lowest BCUT2D eigenvalue weighted by Gasteiger charge is -2.11. The second-order valence-electron chi connectivity index (χ2n) is 5.54. The average Bonchev–Trinajstić information content (AvgIpc) is 2.42. The molecule has 0 rings (SSSR count). The van der Waals surface area contributed by atoms with Crippen molar-refractivity contribution in [2.45, 2.75) is 64.5 Å². The van der Waals surface area contributed by atoms with Gasteiger partial charge in [-0.15, -0.1) is 0 Å². The normalized spacial score (nSPS) is 11.0. The van der Waals surface area contributed by atoms with E-state index in [4.69, 9.17) is 20.7 Å². The molecule has 0 heterocycles. The van der Waals surface area contributed by atoms with Gasteiger partial charge in [-0.25, -0.2) is 0 Å². The van der Waals surface area contributed by atoms with Crippen molar-refractivity contribution in [3.8, 4) is 12.1 Å². The summed E-state index contributed by atoms with van der Waals surface area (Å²) in [6.45, 7) is 6.57. The molecule has 0 fully saturated rings. The summed E-state index contributed by atoms with van der Waals surface area (Å²) in [6.07, 6.45) is 1.02. The number of azo groups is 1. The van der Waals surface area contributed by atoms with E-state index in [9.17, 15) is 9.59 Å². The van der Waals surface area contributed by atoms with E-state index in [1.165, 1.54) is 0 Å². The van der Waals surface area contributed by atoms with Gasteiger partial charge < -0.3 is 10.2 Å². The Morgan fingerprint density at radius 3 is 1.32 bits per heavy atom. The van der Waals surface area contributed by atoms with Crippen LogP contribution < -0.4 is 0 Å². The minimum Gasteiger partial charge on any atom is -0.481 e. The molecule has 8 nitrogen and oxygen atoms in total. The van der Waals surface area contributed by atoms with E-state index in [0.29, 0.717) is 12.8 Å². The molecule has 22 heavy (non-hydrogen) atoms. The summed E-state index contributed by atoms with van der Waals surface area (Å²) in [4.78, 5) is 19.8. The smallest absolute Gasteiger partial charge is 0.303 e. The van der Waals surface area contributed by atoms with Crippen molar-refractivity contribution >= 4 is 11.9 Å². The first-order chi connectivity index (χ1) is 9.95. The largest absolute Gasteiger partial charge is 0.481 e. The van der Waals surface area contributed by atoms with Crippen LogP contribution in [-0.2, 0) is 9.59 Å². The summed E-state index contributed by atoms with van der Waals surface area (Å²) < 4.78 is 0. The molecule has 0 aromatic heterocycles. The first-order valence-corrected chi connectivity index (χ1v) is 6.66. The molecule has 0 aromatic carbocycles. The molecule has 0 atom stereocenters. The highest BCUT2D eigenvalue weighted by Gasteiger charge is 2.19. The molecule has 2 N–H and O–H groups in total. The number of carboxylic acid groups (broad SMARTS) is 2. The summed E-state index contributed by atoms with van der Waals surface area (Å²) in [5, 5.41) is 40.9. The summed E-state index contributed by atoms with van der Waals surface area (Å²) in [5.41, 5.74) is -1.68. The van der Waals surface area contributed by atoms with Crippen LogP contribution in [0.4, 0.5) is 0 Å². The predicted octanol–water partition coefficient (Wildman–Crippen LogP) is 2.76. The molecule has 0 aromatic rings. The lowest BCUT2D eigenvalue weighted by Crippen LogP contribution is -2.17. The molecule has 0 aliphatic carbocycles. The molecular formula is C14H22N4O4. The fraction of sp³-hybridized carbons (Fsp3) is 0.714. The number of aliphatic carboxylic acids is 2. The molecule has 0 saturated carbocycles. The van der Waals surface area contributed by atoms with Crippen molar-refractivity contribution in [3.05, 3.63) is 0 Å². The van der Waals surface area contributed by atoms with Gasteiger partial charge in [0.05, 0.1) is 12.1 Å². The predicted molar refractivity (Wildman–Crippen MR) is 78.0 cm³/mol. The summed E-state index contributed by atoms with van der Waals surface area (Å²) in [6, 6.07) is 3.94. The van der Waals surface area contributed by atoms with Crippen LogP contribution in [0.2, 0.25) is 0 Å². The quantitative estimate of drug-likeness (QED) is 0.545. The van der Waals surface area contributed by atoms with Gasteiger partial charge in [0.1, 0.15) is 0 Å².